The smallest absolute Gasteiger partial charge is 0.0105 e. The van der Waals surface area contributed by atoms with Gasteiger partial charge in [-0.15, -0.1) is 0 Å². The molecule has 66 valence electrons. The summed E-state index contributed by atoms with van der Waals surface area (Å²) in [6.07, 6.45) is 4.14. The molecule has 1 rings (SSSR count). The molecule has 2 nitrogen and oxygen atoms in total. The van der Waals surface area contributed by atoms with Gasteiger partial charge in [-0.25, -0.2) is 0 Å². The molecule has 2 heteroatoms. The lowest BCUT2D eigenvalue weighted by molar-refractivity contribution is 0.176. The average molecular weight is 156 g/mol. The van der Waals surface area contributed by atoms with Crippen LogP contribution in [0.2, 0.25) is 0 Å². The number of piperidine rings is 1. The summed E-state index contributed by atoms with van der Waals surface area (Å²) in [5, 5.41) is 0. The second-order valence-electron chi connectivity index (χ2n) is 3.51. The Morgan fingerprint density at radius 1 is 1.55 bits per heavy atom. The van der Waals surface area contributed by atoms with E-state index in [1.807, 2.05) is 0 Å². The van der Waals surface area contributed by atoms with Crippen LogP contribution in [0.3, 0.4) is 0 Å². The number of hydrogen-bond donors (Lipinski definition) is 1. The molecule has 0 aromatic heterocycles. The standard InChI is InChI=1S/C9H20N2/c1-2-9-4-3-6-11(8-9)7-5-10/h9H,2-8,10H2,1H3. The fourth-order valence-corrected chi connectivity index (χ4v) is 1.87. The molecule has 2 N–H and O–H groups in total. The molecule has 0 spiro atoms. The molecule has 1 unspecified atom stereocenters. The van der Waals surface area contributed by atoms with Gasteiger partial charge in [0.1, 0.15) is 0 Å². The van der Waals surface area contributed by atoms with E-state index in [0.717, 1.165) is 19.0 Å². The molecule has 1 aliphatic heterocycles. The molecule has 0 saturated carbocycles. The maximum Gasteiger partial charge on any atom is 0.0105 e. The number of rotatable bonds is 3. The molecule has 0 aromatic carbocycles. The van der Waals surface area contributed by atoms with Crippen molar-refractivity contribution in [2.24, 2.45) is 11.7 Å². The zero-order chi connectivity index (χ0) is 8.10. The molecule has 0 bridgehead atoms. The maximum absolute atomic E-state index is 5.50. The predicted octanol–water partition coefficient (Wildman–Crippen LogP) is 1.07. The molecule has 0 amide bonds. The fourth-order valence-electron chi connectivity index (χ4n) is 1.87. The zero-order valence-corrected chi connectivity index (χ0v) is 7.55. The lowest BCUT2D eigenvalue weighted by atomic mass is 9.96. The second-order valence-corrected chi connectivity index (χ2v) is 3.51. The largest absolute Gasteiger partial charge is 0.329 e. The topological polar surface area (TPSA) is 29.3 Å². The van der Waals surface area contributed by atoms with Gasteiger partial charge in [0.2, 0.25) is 0 Å². The van der Waals surface area contributed by atoms with Crippen molar-refractivity contribution in [1.29, 1.82) is 0 Å². The van der Waals surface area contributed by atoms with E-state index in [1.165, 1.54) is 32.4 Å². The van der Waals surface area contributed by atoms with Crippen LogP contribution < -0.4 is 5.73 Å². The minimum Gasteiger partial charge on any atom is -0.329 e. The van der Waals surface area contributed by atoms with E-state index in [-0.39, 0.29) is 0 Å². The highest BCUT2D eigenvalue weighted by atomic mass is 15.1. The van der Waals surface area contributed by atoms with Gasteiger partial charge in [-0.2, -0.15) is 0 Å². The lowest BCUT2D eigenvalue weighted by Crippen LogP contribution is -2.38. The summed E-state index contributed by atoms with van der Waals surface area (Å²) in [6, 6.07) is 0. The molecular weight excluding hydrogens is 136 g/mol. The second kappa shape index (κ2) is 4.73. The first-order valence-electron chi connectivity index (χ1n) is 4.79. The van der Waals surface area contributed by atoms with E-state index in [9.17, 15) is 0 Å². The van der Waals surface area contributed by atoms with Gasteiger partial charge in [-0.1, -0.05) is 13.3 Å². The van der Waals surface area contributed by atoms with Crippen LogP contribution in [0.5, 0.6) is 0 Å². The highest BCUT2D eigenvalue weighted by molar-refractivity contribution is 4.71. The fraction of sp³-hybridized carbons (Fsp3) is 1.00. The maximum atomic E-state index is 5.50. The van der Waals surface area contributed by atoms with Gasteiger partial charge in [-0.3, -0.25) is 0 Å². The Kier molecular flexibility index (Phi) is 3.87. The number of nitrogens with two attached hydrogens (primary N) is 1. The third-order valence-corrected chi connectivity index (χ3v) is 2.63. The molecule has 0 aromatic rings. The van der Waals surface area contributed by atoms with E-state index in [1.54, 1.807) is 0 Å². The molecule has 1 saturated heterocycles. The Morgan fingerprint density at radius 3 is 3.00 bits per heavy atom. The van der Waals surface area contributed by atoms with Gasteiger partial charge in [0, 0.05) is 19.6 Å². The summed E-state index contributed by atoms with van der Waals surface area (Å²) in [6.45, 7) is 6.75. The van der Waals surface area contributed by atoms with Crippen LogP contribution in [0.25, 0.3) is 0 Å². The Labute approximate surface area is 69.8 Å². The van der Waals surface area contributed by atoms with Crippen LogP contribution in [0, 0.1) is 5.92 Å². The van der Waals surface area contributed by atoms with Crippen LogP contribution in [0.15, 0.2) is 0 Å². The SMILES string of the molecule is CCC1CCCN(CCN)C1. The summed E-state index contributed by atoms with van der Waals surface area (Å²) in [4.78, 5) is 2.50. The number of hydrogen-bond acceptors (Lipinski definition) is 2. The number of nitrogens with zero attached hydrogens (tertiary/aromatic N) is 1. The van der Waals surface area contributed by atoms with E-state index in [0.29, 0.717) is 0 Å². The molecule has 1 heterocycles. The van der Waals surface area contributed by atoms with E-state index in [4.69, 9.17) is 5.73 Å². The van der Waals surface area contributed by atoms with Crippen molar-refractivity contribution in [3.05, 3.63) is 0 Å². The van der Waals surface area contributed by atoms with E-state index < -0.39 is 0 Å². The first kappa shape index (κ1) is 9.01. The number of likely N-dealkylation sites (tertiary alicyclic amines) is 1. The molecule has 0 radical (unpaired) electrons. The summed E-state index contributed by atoms with van der Waals surface area (Å²) in [5.41, 5.74) is 5.50. The van der Waals surface area contributed by atoms with Gasteiger partial charge in [0.15, 0.2) is 0 Å². The van der Waals surface area contributed by atoms with Crippen LogP contribution in [0.4, 0.5) is 0 Å². The van der Waals surface area contributed by atoms with Gasteiger partial charge >= 0.3 is 0 Å². The molecular formula is C9H20N2. The molecule has 1 aliphatic rings. The van der Waals surface area contributed by atoms with Crippen molar-refractivity contribution < 1.29 is 0 Å². The van der Waals surface area contributed by atoms with Crippen LogP contribution in [-0.2, 0) is 0 Å². The predicted molar refractivity (Wildman–Crippen MR) is 48.5 cm³/mol. The molecule has 11 heavy (non-hydrogen) atoms. The Morgan fingerprint density at radius 2 is 2.36 bits per heavy atom. The quantitative estimate of drug-likeness (QED) is 0.662. The van der Waals surface area contributed by atoms with E-state index in [2.05, 4.69) is 11.8 Å². The highest BCUT2D eigenvalue weighted by Crippen LogP contribution is 2.18. The highest BCUT2D eigenvalue weighted by Gasteiger charge is 2.16. The summed E-state index contributed by atoms with van der Waals surface area (Å²) in [7, 11) is 0. The third-order valence-electron chi connectivity index (χ3n) is 2.63. The molecule has 0 aliphatic carbocycles. The lowest BCUT2D eigenvalue weighted by Gasteiger charge is -2.31. The van der Waals surface area contributed by atoms with Crippen molar-refractivity contribution in [3.63, 3.8) is 0 Å². The Hall–Kier alpha value is -0.0800. The van der Waals surface area contributed by atoms with Crippen molar-refractivity contribution >= 4 is 0 Å². The Balaban J connectivity index is 2.21. The first-order chi connectivity index (χ1) is 5.36. The average Bonchev–Trinajstić information content (AvgIpc) is 2.06. The normalized spacial score (nSPS) is 27.3. The zero-order valence-electron chi connectivity index (χ0n) is 7.55. The van der Waals surface area contributed by atoms with Crippen molar-refractivity contribution in [2.45, 2.75) is 26.2 Å². The first-order valence-corrected chi connectivity index (χ1v) is 4.79. The van der Waals surface area contributed by atoms with Gasteiger partial charge in [-0.05, 0) is 25.3 Å². The summed E-state index contributed by atoms with van der Waals surface area (Å²) in [5.74, 6) is 0.940. The van der Waals surface area contributed by atoms with Crippen LogP contribution in [-0.4, -0.2) is 31.1 Å². The van der Waals surface area contributed by atoms with Gasteiger partial charge in [0.05, 0.1) is 0 Å². The molecule has 1 atom stereocenters. The summed E-state index contributed by atoms with van der Waals surface area (Å²) < 4.78 is 0. The van der Waals surface area contributed by atoms with Gasteiger partial charge in [0.25, 0.3) is 0 Å². The van der Waals surface area contributed by atoms with Crippen molar-refractivity contribution in [3.8, 4) is 0 Å². The Bertz CT molecular complexity index is 102. The van der Waals surface area contributed by atoms with Crippen molar-refractivity contribution in [2.75, 3.05) is 26.2 Å². The van der Waals surface area contributed by atoms with Crippen LogP contribution >= 0.6 is 0 Å². The molecule has 1 fully saturated rings. The minimum absolute atomic E-state index is 0.816. The summed E-state index contributed by atoms with van der Waals surface area (Å²) >= 11 is 0. The minimum atomic E-state index is 0.816. The van der Waals surface area contributed by atoms with Crippen LogP contribution in [0.1, 0.15) is 26.2 Å². The third kappa shape index (κ3) is 2.80. The van der Waals surface area contributed by atoms with Crippen molar-refractivity contribution in [1.82, 2.24) is 4.90 Å². The van der Waals surface area contributed by atoms with E-state index >= 15 is 0 Å². The monoisotopic (exact) mass is 156 g/mol. The van der Waals surface area contributed by atoms with Gasteiger partial charge < -0.3 is 10.6 Å².